The highest BCUT2D eigenvalue weighted by Crippen LogP contribution is 2.26. The van der Waals surface area contributed by atoms with E-state index < -0.39 is 0 Å². The maximum Gasteiger partial charge on any atom is 0.277 e. The summed E-state index contributed by atoms with van der Waals surface area (Å²) >= 11 is 0. The van der Waals surface area contributed by atoms with Crippen molar-refractivity contribution in [3.05, 3.63) is 54.1 Å². The van der Waals surface area contributed by atoms with Crippen LogP contribution in [0, 0.1) is 0 Å². The SMILES string of the molecule is CCOc1ccccc1OCC(=O)N/N=C\c1ccc(O)cc1. The summed E-state index contributed by atoms with van der Waals surface area (Å²) < 4.78 is 10.8. The number of carbonyl (C=O) groups is 1. The third-order valence-corrected chi connectivity index (χ3v) is 2.80. The molecular formula is C17H18N2O4. The van der Waals surface area contributed by atoms with Crippen molar-refractivity contribution in [2.45, 2.75) is 6.92 Å². The highest BCUT2D eigenvalue weighted by Gasteiger charge is 2.06. The summed E-state index contributed by atoms with van der Waals surface area (Å²) in [6.07, 6.45) is 1.48. The first-order chi connectivity index (χ1) is 11.2. The van der Waals surface area contributed by atoms with E-state index in [9.17, 15) is 4.79 Å². The van der Waals surface area contributed by atoms with Crippen molar-refractivity contribution in [1.29, 1.82) is 0 Å². The Hall–Kier alpha value is -3.02. The van der Waals surface area contributed by atoms with Gasteiger partial charge in [-0.2, -0.15) is 5.10 Å². The van der Waals surface area contributed by atoms with Gasteiger partial charge in [0.05, 0.1) is 12.8 Å². The molecule has 0 atom stereocenters. The highest BCUT2D eigenvalue weighted by molar-refractivity contribution is 5.83. The lowest BCUT2D eigenvalue weighted by Gasteiger charge is -2.10. The quantitative estimate of drug-likeness (QED) is 0.607. The Labute approximate surface area is 134 Å². The smallest absolute Gasteiger partial charge is 0.277 e. The van der Waals surface area contributed by atoms with Crippen LogP contribution in [0.1, 0.15) is 12.5 Å². The van der Waals surface area contributed by atoms with Crippen LogP contribution in [-0.2, 0) is 4.79 Å². The zero-order chi connectivity index (χ0) is 16.5. The number of phenolic OH excluding ortho intramolecular Hbond substituents is 1. The van der Waals surface area contributed by atoms with E-state index in [-0.39, 0.29) is 18.3 Å². The van der Waals surface area contributed by atoms with Gasteiger partial charge in [-0.15, -0.1) is 0 Å². The van der Waals surface area contributed by atoms with E-state index >= 15 is 0 Å². The average Bonchev–Trinajstić information content (AvgIpc) is 2.56. The molecule has 0 aliphatic carbocycles. The number of benzene rings is 2. The Morgan fingerprint density at radius 1 is 1.13 bits per heavy atom. The Bertz CT molecular complexity index is 669. The molecule has 2 N–H and O–H groups in total. The number of ether oxygens (including phenoxy) is 2. The summed E-state index contributed by atoms with van der Waals surface area (Å²) in [5, 5.41) is 13.0. The number of hydrogen-bond donors (Lipinski definition) is 2. The molecule has 0 spiro atoms. The topological polar surface area (TPSA) is 80.2 Å². The van der Waals surface area contributed by atoms with Gasteiger partial charge in [0, 0.05) is 0 Å². The summed E-state index contributed by atoms with van der Waals surface area (Å²) in [6.45, 7) is 2.22. The molecule has 6 nitrogen and oxygen atoms in total. The largest absolute Gasteiger partial charge is 0.508 e. The van der Waals surface area contributed by atoms with Gasteiger partial charge >= 0.3 is 0 Å². The lowest BCUT2D eigenvalue weighted by atomic mass is 10.2. The van der Waals surface area contributed by atoms with Crippen LogP contribution in [0.2, 0.25) is 0 Å². The van der Waals surface area contributed by atoms with Crippen LogP contribution in [0.4, 0.5) is 0 Å². The van der Waals surface area contributed by atoms with Gasteiger partial charge < -0.3 is 14.6 Å². The Balaban J connectivity index is 1.82. The first-order valence-electron chi connectivity index (χ1n) is 7.14. The van der Waals surface area contributed by atoms with Gasteiger partial charge in [0.2, 0.25) is 0 Å². The minimum Gasteiger partial charge on any atom is -0.508 e. The summed E-state index contributed by atoms with van der Waals surface area (Å²) in [6, 6.07) is 13.6. The zero-order valence-corrected chi connectivity index (χ0v) is 12.7. The molecule has 0 saturated heterocycles. The van der Waals surface area contributed by atoms with Gasteiger partial charge in [-0.25, -0.2) is 5.43 Å². The standard InChI is InChI=1S/C17H18N2O4/c1-2-22-15-5-3-4-6-16(15)23-12-17(21)19-18-11-13-7-9-14(20)10-8-13/h3-11,20H,2,12H2,1H3,(H,19,21)/b18-11-. The number of nitrogens with one attached hydrogen (secondary N) is 1. The summed E-state index contributed by atoms with van der Waals surface area (Å²) in [5.41, 5.74) is 3.12. The van der Waals surface area contributed by atoms with Gasteiger partial charge in [0.1, 0.15) is 5.75 Å². The molecule has 0 bridgehead atoms. The fraction of sp³-hybridized carbons (Fsp3) is 0.176. The fourth-order valence-corrected chi connectivity index (χ4v) is 1.76. The summed E-state index contributed by atoms with van der Waals surface area (Å²) in [5.74, 6) is 0.890. The molecule has 1 amide bonds. The number of aromatic hydroxyl groups is 1. The minimum absolute atomic E-state index is 0.170. The Morgan fingerprint density at radius 3 is 2.43 bits per heavy atom. The van der Waals surface area contributed by atoms with Gasteiger partial charge in [-0.3, -0.25) is 4.79 Å². The van der Waals surface area contributed by atoms with Crippen molar-refractivity contribution in [3.63, 3.8) is 0 Å². The molecule has 0 aromatic heterocycles. The molecule has 0 heterocycles. The third kappa shape index (κ3) is 5.35. The van der Waals surface area contributed by atoms with Crippen LogP contribution in [-0.4, -0.2) is 30.4 Å². The highest BCUT2D eigenvalue weighted by atomic mass is 16.5. The number of carbonyl (C=O) groups excluding carboxylic acids is 1. The van der Waals surface area contributed by atoms with Gasteiger partial charge in [0.15, 0.2) is 18.1 Å². The van der Waals surface area contributed by atoms with Crippen molar-refractivity contribution in [3.8, 4) is 17.2 Å². The maximum atomic E-state index is 11.7. The average molecular weight is 314 g/mol. The maximum absolute atomic E-state index is 11.7. The van der Waals surface area contributed by atoms with Gasteiger partial charge in [-0.1, -0.05) is 12.1 Å². The number of amides is 1. The van der Waals surface area contributed by atoms with Crippen LogP contribution in [0.5, 0.6) is 17.2 Å². The second-order valence-corrected chi connectivity index (χ2v) is 4.55. The van der Waals surface area contributed by atoms with E-state index in [1.807, 2.05) is 13.0 Å². The molecule has 0 aliphatic heterocycles. The number of hydrogen-bond acceptors (Lipinski definition) is 5. The lowest BCUT2D eigenvalue weighted by Crippen LogP contribution is -2.24. The lowest BCUT2D eigenvalue weighted by molar-refractivity contribution is -0.123. The van der Waals surface area contributed by atoms with Crippen LogP contribution >= 0.6 is 0 Å². The predicted octanol–water partition coefficient (Wildman–Crippen LogP) is 2.32. The van der Waals surface area contributed by atoms with E-state index in [1.165, 1.54) is 18.3 Å². The van der Waals surface area contributed by atoms with Gasteiger partial charge in [0.25, 0.3) is 5.91 Å². The Kier molecular flexibility index (Phi) is 5.99. The number of para-hydroxylation sites is 2. The zero-order valence-electron chi connectivity index (χ0n) is 12.7. The molecule has 2 aromatic carbocycles. The molecule has 23 heavy (non-hydrogen) atoms. The van der Waals surface area contributed by atoms with Crippen LogP contribution in [0.25, 0.3) is 0 Å². The van der Waals surface area contributed by atoms with Crippen molar-refractivity contribution < 1.29 is 19.4 Å². The van der Waals surface area contributed by atoms with E-state index in [2.05, 4.69) is 10.5 Å². The molecular weight excluding hydrogens is 296 g/mol. The fourth-order valence-electron chi connectivity index (χ4n) is 1.76. The van der Waals surface area contributed by atoms with E-state index in [0.29, 0.717) is 18.1 Å². The first-order valence-corrected chi connectivity index (χ1v) is 7.14. The summed E-state index contributed by atoms with van der Waals surface area (Å²) in [4.78, 5) is 11.7. The normalized spacial score (nSPS) is 10.5. The number of rotatable bonds is 7. The first kappa shape index (κ1) is 16.4. The van der Waals surface area contributed by atoms with E-state index in [4.69, 9.17) is 14.6 Å². The second-order valence-electron chi connectivity index (χ2n) is 4.55. The van der Waals surface area contributed by atoms with Crippen molar-refractivity contribution in [1.82, 2.24) is 5.43 Å². The predicted molar refractivity (Wildman–Crippen MR) is 86.9 cm³/mol. The second kappa shape index (κ2) is 8.43. The van der Waals surface area contributed by atoms with Crippen molar-refractivity contribution in [2.75, 3.05) is 13.2 Å². The summed E-state index contributed by atoms with van der Waals surface area (Å²) in [7, 11) is 0. The molecule has 0 fully saturated rings. The number of nitrogens with zero attached hydrogens (tertiary/aromatic N) is 1. The molecule has 0 unspecified atom stereocenters. The number of phenols is 1. The monoisotopic (exact) mass is 314 g/mol. The molecule has 0 saturated carbocycles. The van der Waals surface area contributed by atoms with Crippen LogP contribution < -0.4 is 14.9 Å². The molecule has 2 rings (SSSR count). The molecule has 2 aromatic rings. The van der Waals surface area contributed by atoms with Crippen LogP contribution in [0.15, 0.2) is 53.6 Å². The van der Waals surface area contributed by atoms with E-state index in [0.717, 1.165) is 5.56 Å². The third-order valence-electron chi connectivity index (χ3n) is 2.80. The molecule has 0 aliphatic rings. The molecule has 0 radical (unpaired) electrons. The molecule has 120 valence electrons. The van der Waals surface area contributed by atoms with E-state index in [1.54, 1.807) is 30.3 Å². The Morgan fingerprint density at radius 2 is 1.78 bits per heavy atom. The van der Waals surface area contributed by atoms with Crippen molar-refractivity contribution >= 4 is 12.1 Å². The molecule has 6 heteroatoms. The number of hydrazone groups is 1. The van der Waals surface area contributed by atoms with Gasteiger partial charge in [-0.05, 0) is 48.9 Å². The van der Waals surface area contributed by atoms with Crippen LogP contribution in [0.3, 0.4) is 0 Å². The van der Waals surface area contributed by atoms with Crippen molar-refractivity contribution in [2.24, 2.45) is 5.10 Å². The minimum atomic E-state index is -0.383.